The van der Waals surface area contributed by atoms with Crippen LogP contribution in [0.1, 0.15) is 16.7 Å². The van der Waals surface area contributed by atoms with Crippen LogP contribution in [0, 0.1) is 13.8 Å². The molecule has 1 N–H and O–H groups in total. The van der Waals surface area contributed by atoms with Crippen LogP contribution >= 0.6 is 15.9 Å². The molecule has 2 aromatic rings. The molecule has 0 aliphatic rings. The van der Waals surface area contributed by atoms with Crippen molar-refractivity contribution in [2.45, 2.75) is 20.4 Å². The molecule has 0 aromatic heterocycles. The van der Waals surface area contributed by atoms with Gasteiger partial charge in [-0.25, -0.2) is 0 Å². The highest BCUT2D eigenvalue weighted by Gasteiger charge is 1.99. The fraction of sp³-hybridized carbons (Fsp3) is 0.200. The van der Waals surface area contributed by atoms with Gasteiger partial charge in [-0.05, 0) is 48.7 Å². The summed E-state index contributed by atoms with van der Waals surface area (Å²) in [6, 6.07) is 14.8. The molecule has 0 fully saturated rings. The molecule has 0 aliphatic carbocycles. The van der Waals surface area contributed by atoms with Gasteiger partial charge in [0.15, 0.2) is 0 Å². The standard InChI is InChI=1S/C15H16BrN/c1-11-7-14(16)9-15(8-11)17-10-13-6-4-3-5-12(13)2/h3-9,17H,10H2,1-2H3. The number of hydrogen-bond acceptors (Lipinski definition) is 1. The fourth-order valence-corrected chi connectivity index (χ4v) is 2.45. The average molecular weight is 290 g/mol. The van der Waals surface area contributed by atoms with Gasteiger partial charge in [0.25, 0.3) is 0 Å². The first-order chi connectivity index (χ1) is 8.15. The van der Waals surface area contributed by atoms with Gasteiger partial charge in [-0.3, -0.25) is 0 Å². The normalized spacial score (nSPS) is 10.3. The van der Waals surface area contributed by atoms with E-state index in [1.165, 1.54) is 16.7 Å². The lowest BCUT2D eigenvalue weighted by Gasteiger charge is -2.10. The van der Waals surface area contributed by atoms with Gasteiger partial charge in [-0.2, -0.15) is 0 Å². The summed E-state index contributed by atoms with van der Waals surface area (Å²) >= 11 is 3.51. The predicted octanol–water partition coefficient (Wildman–Crippen LogP) is 4.68. The molecule has 0 aliphatic heterocycles. The first-order valence-corrected chi connectivity index (χ1v) is 6.50. The lowest BCUT2D eigenvalue weighted by Crippen LogP contribution is -2.01. The molecular weight excluding hydrogens is 274 g/mol. The Morgan fingerprint density at radius 1 is 1.06 bits per heavy atom. The van der Waals surface area contributed by atoms with Gasteiger partial charge in [0.2, 0.25) is 0 Å². The molecule has 0 bridgehead atoms. The maximum atomic E-state index is 3.51. The number of rotatable bonds is 3. The molecule has 0 heterocycles. The van der Waals surface area contributed by atoms with Crippen LogP contribution in [-0.4, -0.2) is 0 Å². The van der Waals surface area contributed by atoms with Crippen LogP contribution in [0.5, 0.6) is 0 Å². The Morgan fingerprint density at radius 3 is 2.53 bits per heavy atom. The maximum absolute atomic E-state index is 3.51. The second-order valence-corrected chi connectivity index (χ2v) is 5.21. The minimum atomic E-state index is 0.864. The molecule has 2 heteroatoms. The van der Waals surface area contributed by atoms with Crippen molar-refractivity contribution in [3.05, 3.63) is 63.6 Å². The zero-order valence-corrected chi connectivity index (χ0v) is 11.7. The Labute approximate surface area is 111 Å². The predicted molar refractivity (Wildman–Crippen MR) is 77.4 cm³/mol. The van der Waals surface area contributed by atoms with Gasteiger partial charge in [0, 0.05) is 16.7 Å². The molecule has 2 aromatic carbocycles. The summed E-state index contributed by atoms with van der Waals surface area (Å²) in [6.45, 7) is 5.11. The molecule has 2 rings (SSSR count). The summed E-state index contributed by atoms with van der Waals surface area (Å²) < 4.78 is 1.12. The first kappa shape index (κ1) is 12.2. The van der Waals surface area contributed by atoms with Crippen LogP contribution in [-0.2, 0) is 6.54 Å². The van der Waals surface area contributed by atoms with Crippen molar-refractivity contribution in [2.75, 3.05) is 5.32 Å². The Balaban J connectivity index is 2.10. The van der Waals surface area contributed by atoms with Gasteiger partial charge < -0.3 is 5.32 Å². The van der Waals surface area contributed by atoms with E-state index >= 15 is 0 Å². The molecular formula is C15H16BrN. The third kappa shape index (κ3) is 3.34. The fourth-order valence-electron chi connectivity index (χ4n) is 1.84. The zero-order chi connectivity index (χ0) is 12.3. The van der Waals surface area contributed by atoms with Crippen molar-refractivity contribution in [2.24, 2.45) is 0 Å². The summed E-state index contributed by atoms with van der Waals surface area (Å²) in [5.74, 6) is 0. The van der Waals surface area contributed by atoms with E-state index in [1.54, 1.807) is 0 Å². The molecule has 17 heavy (non-hydrogen) atoms. The summed E-state index contributed by atoms with van der Waals surface area (Å²) in [4.78, 5) is 0. The van der Waals surface area contributed by atoms with Crippen molar-refractivity contribution >= 4 is 21.6 Å². The quantitative estimate of drug-likeness (QED) is 0.865. The summed E-state index contributed by atoms with van der Waals surface area (Å²) in [7, 11) is 0. The highest BCUT2D eigenvalue weighted by Crippen LogP contribution is 2.20. The van der Waals surface area contributed by atoms with Gasteiger partial charge in [-0.15, -0.1) is 0 Å². The first-order valence-electron chi connectivity index (χ1n) is 5.71. The third-order valence-electron chi connectivity index (χ3n) is 2.79. The largest absolute Gasteiger partial charge is 0.381 e. The van der Waals surface area contributed by atoms with Crippen molar-refractivity contribution in [1.29, 1.82) is 0 Å². The van der Waals surface area contributed by atoms with Gasteiger partial charge in [-0.1, -0.05) is 40.2 Å². The van der Waals surface area contributed by atoms with Crippen LogP contribution in [0.4, 0.5) is 5.69 Å². The lowest BCUT2D eigenvalue weighted by atomic mass is 10.1. The Hall–Kier alpha value is -1.28. The summed E-state index contributed by atoms with van der Waals surface area (Å²) in [5, 5.41) is 3.45. The topological polar surface area (TPSA) is 12.0 Å². The number of hydrogen-bond donors (Lipinski definition) is 1. The Bertz CT molecular complexity index is 500. The van der Waals surface area contributed by atoms with Gasteiger partial charge in [0.05, 0.1) is 0 Å². The molecule has 0 spiro atoms. The molecule has 1 nitrogen and oxygen atoms in total. The Morgan fingerprint density at radius 2 is 1.82 bits per heavy atom. The molecule has 0 unspecified atom stereocenters. The average Bonchev–Trinajstić information content (AvgIpc) is 2.27. The molecule has 0 atom stereocenters. The molecule has 0 saturated carbocycles. The van der Waals surface area contributed by atoms with E-state index in [4.69, 9.17) is 0 Å². The molecule has 88 valence electrons. The number of aryl methyl sites for hydroxylation is 2. The van der Waals surface area contributed by atoms with Crippen molar-refractivity contribution in [3.63, 3.8) is 0 Å². The maximum Gasteiger partial charge on any atom is 0.0403 e. The molecule has 0 saturated heterocycles. The van der Waals surface area contributed by atoms with Crippen molar-refractivity contribution in [1.82, 2.24) is 0 Å². The second kappa shape index (κ2) is 5.37. The summed E-state index contributed by atoms with van der Waals surface area (Å²) in [5.41, 5.74) is 5.07. The monoisotopic (exact) mass is 289 g/mol. The van der Waals surface area contributed by atoms with Gasteiger partial charge in [0.1, 0.15) is 0 Å². The van der Waals surface area contributed by atoms with E-state index in [2.05, 4.69) is 77.6 Å². The lowest BCUT2D eigenvalue weighted by molar-refractivity contribution is 1.12. The second-order valence-electron chi connectivity index (χ2n) is 4.30. The minimum absolute atomic E-state index is 0.864. The third-order valence-corrected chi connectivity index (χ3v) is 3.24. The number of halogens is 1. The molecule has 0 amide bonds. The van der Waals surface area contributed by atoms with Gasteiger partial charge >= 0.3 is 0 Å². The molecule has 0 radical (unpaired) electrons. The van der Waals surface area contributed by atoms with Crippen molar-refractivity contribution < 1.29 is 0 Å². The highest BCUT2D eigenvalue weighted by atomic mass is 79.9. The van der Waals surface area contributed by atoms with E-state index in [9.17, 15) is 0 Å². The minimum Gasteiger partial charge on any atom is -0.381 e. The van der Waals surface area contributed by atoms with E-state index in [0.29, 0.717) is 0 Å². The van der Waals surface area contributed by atoms with Crippen LogP contribution in [0.25, 0.3) is 0 Å². The number of benzene rings is 2. The SMILES string of the molecule is Cc1cc(Br)cc(NCc2ccccc2C)c1. The van der Waals surface area contributed by atoms with Crippen LogP contribution in [0.3, 0.4) is 0 Å². The van der Waals surface area contributed by atoms with Crippen molar-refractivity contribution in [3.8, 4) is 0 Å². The number of nitrogens with one attached hydrogen (secondary N) is 1. The zero-order valence-electron chi connectivity index (χ0n) is 10.1. The highest BCUT2D eigenvalue weighted by molar-refractivity contribution is 9.10. The summed E-state index contributed by atoms with van der Waals surface area (Å²) in [6.07, 6.45) is 0. The van der Waals surface area contributed by atoms with E-state index < -0.39 is 0 Å². The van der Waals surface area contributed by atoms with E-state index in [0.717, 1.165) is 16.7 Å². The smallest absolute Gasteiger partial charge is 0.0403 e. The number of anilines is 1. The van der Waals surface area contributed by atoms with E-state index in [-0.39, 0.29) is 0 Å². The van der Waals surface area contributed by atoms with Crippen LogP contribution < -0.4 is 5.32 Å². The van der Waals surface area contributed by atoms with E-state index in [1.807, 2.05) is 0 Å². The van der Waals surface area contributed by atoms with Crippen LogP contribution in [0.2, 0.25) is 0 Å². The van der Waals surface area contributed by atoms with Crippen LogP contribution in [0.15, 0.2) is 46.9 Å². The Kier molecular flexibility index (Phi) is 3.85.